The van der Waals surface area contributed by atoms with E-state index in [0.717, 1.165) is 23.4 Å². The molecule has 94 valence electrons. The third kappa shape index (κ3) is 3.13. The van der Waals surface area contributed by atoms with Gasteiger partial charge in [0.25, 0.3) is 0 Å². The summed E-state index contributed by atoms with van der Waals surface area (Å²) in [5, 5.41) is 0. The molecular weight excluding hydrogens is 228 g/mol. The molecule has 4 heteroatoms. The van der Waals surface area contributed by atoms with E-state index < -0.39 is 0 Å². The molecule has 2 rings (SSSR count). The van der Waals surface area contributed by atoms with Gasteiger partial charge >= 0.3 is 0 Å². The van der Waals surface area contributed by atoms with E-state index in [4.69, 9.17) is 15.2 Å². The summed E-state index contributed by atoms with van der Waals surface area (Å²) in [4.78, 5) is 4.02. The zero-order valence-corrected chi connectivity index (χ0v) is 10.3. The SMILES string of the molecule is COc1cc(OCCc2ccccc2N)ccn1. The van der Waals surface area contributed by atoms with E-state index in [0.29, 0.717) is 12.5 Å². The molecule has 1 aromatic heterocycles. The van der Waals surface area contributed by atoms with Gasteiger partial charge in [-0.3, -0.25) is 0 Å². The van der Waals surface area contributed by atoms with Gasteiger partial charge in [0.1, 0.15) is 5.75 Å². The van der Waals surface area contributed by atoms with Crippen LogP contribution in [0.15, 0.2) is 42.6 Å². The number of methoxy groups -OCH3 is 1. The standard InChI is InChI=1S/C14H16N2O2/c1-17-14-10-12(6-8-16-14)18-9-7-11-4-2-3-5-13(11)15/h2-6,8,10H,7,9,15H2,1H3. The Hall–Kier alpha value is -2.23. The Kier molecular flexibility index (Phi) is 4.02. The number of aromatic nitrogens is 1. The predicted molar refractivity (Wildman–Crippen MR) is 70.8 cm³/mol. The molecule has 0 fully saturated rings. The molecule has 0 amide bonds. The number of ether oxygens (including phenoxy) is 2. The van der Waals surface area contributed by atoms with E-state index in [1.807, 2.05) is 24.3 Å². The van der Waals surface area contributed by atoms with Gasteiger partial charge in [-0.1, -0.05) is 18.2 Å². The predicted octanol–water partition coefficient (Wildman–Crippen LogP) is 2.29. The fraction of sp³-hybridized carbons (Fsp3) is 0.214. The topological polar surface area (TPSA) is 57.4 Å². The van der Waals surface area contributed by atoms with Crippen molar-refractivity contribution in [3.63, 3.8) is 0 Å². The molecular formula is C14H16N2O2. The first-order valence-electron chi connectivity index (χ1n) is 5.76. The van der Waals surface area contributed by atoms with Crippen LogP contribution in [-0.4, -0.2) is 18.7 Å². The summed E-state index contributed by atoms with van der Waals surface area (Å²) in [7, 11) is 1.58. The van der Waals surface area contributed by atoms with Gasteiger partial charge in [-0.15, -0.1) is 0 Å². The van der Waals surface area contributed by atoms with Crippen LogP contribution in [0.3, 0.4) is 0 Å². The minimum absolute atomic E-state index is 0.548. The molecule has 0 spiro atoms. The minimum atomic E-state index is 0.548. The first-order chi connectivity index (χ1) is 8.79. The molecule has 0 aliphatic rings. The maximum atomic E-state index is 5.86. The Balaban J connectivity index is 1.90. The number of nitrogens with zero attached hydrogens (tertiary/aromatic N) is 1. The molecule has 2 aromatic rings. The lowest BCUT2D eigenvalue weighted by molar-refractivity contribution is 0.317. The van der Waals surface area contributed by atoms with Crippen LogP contribution in [0.1, 0.15) is 5.56 Å². The second-order valence-electron chi connectivity index (χ2n) is 3.83. The molecule has 2 N–H and O–H groups in total. The van der Waals surface area contributed by atoms with E-state index in [1.54, 1.807) is 25.4 Å². The highest BCUT2D eigenvalue weighted by Gasteiger charge is 2.00. The number of nitrogen functional groups attached to an aromatic ring is 1. The smallest absolute Gasteiger partial charge is 0.216 e. The van der Waals surface area contributed by atoms with Gasteiger partial charge < -0.3 is 15.2 Å². The molecule has 0 unspecified atom stereocenters. The third-order valence-corrected chi connectivity index (χ3v) is 2.61. The van der Waals surface area contributed by atoms with Crippen LogP contribution in [-0.2, 0) is 6.42 Å². The van der Waals surface area contributed by atoms with E-state index in [-0.39, 0.29) is 0 Å². The fourth-order valence-corrected chi connectivity index (χ4v) is 1.63. The van der Waals surface area contributed by atoms with Gasteiger partial charge in [0.2, 0.25) is 5.88 Å². The Morgan fingerprint density at radius 3 is 2.83 bits per heavy atom. The summed E-state index contributed by atoms with van der Waals surface area (Å²) < 4.78 is 10.7. The summed E-state index contributed by atoms with van der Waals surface area (Å²) >= 11 is 0. The van der Waals surface area contributed by atoms with E-state index in [2.05, 4.69) is 4.98 Å². The number of rotatable bonds is 5. The van der Waals surface area contributed by atoms with Gasteiger partial charge in [0.15, 0.2) is 0 Å². The molecule has 0 saturated heterocycles. The van der Waals surface area contributed by atoms with Crippen LogP contribution in [0, 0.1) is 0 Å². The minimum Gasteiger partial charge on any atom is -0.493 e. The summed E-state index contributed by atoms with van der Waals surface area (Å²) in [6, 6.07) is 11.4. The molecule has 0 atom stereocenters. The van der Waals surface area contributed by atoms with Crippen molar-refractivity contribution in [2.75, 3.05) is 19.5 Å². The van der Waals surface area contributed by atoms with Gasteiger partial charge in [-0.25, -0.2) is 4.98 Å². The summed E-state index contributed by atoms with van der Waals surface area (Å²) in [5.74, 6) is 1.29. The monoisotopic (exact) mass is 244 g/mol. The average molecular weight is 244 g/mol. The Morgan fingerprint density at radius 1 is 1.22 bits per heavy atom. The maximum Gasteiger partial charge on any atom is 0.216 e. The zero-order valence-electron chi connectivity index (χ0n) is 10.3. The van der Waals surface area contributed by atoms with Gasteiger partial charge in [0, 0.05) is 24.4 Å². The molecule has 0 aliphatic heterocycles. The first-order valence-corrected chi connectivity index (χ1v) is 5.76. The number of hydrogen-bond acceptors (Lipinski definition) is 4. The van der Waals surface area contributed by atoms with Crippen molar-refractivity contribution in [1.82, 2.24) is 4.98 Å². The lowest BCUT2D eigenvalue weighted by atomic mass is 10.1. The Labute approximate surface area is 106 Å². The number of benzene rings is 1. The van der Waals surface area contributed by atoms with Crippen molar-refractivity contribution in [1.29, 1.82) is 0 Å². The van der Waals surface area contributed by atoms with Crippen LogP contribution in [0.25, 0.3) is 0 Å². The van der Waals surface area contributed by atoms with Gasteiger partial charge in [-0.2, -0.15) is 0 Å². The summed E-state index contributed by atoms with van der Waals surface area (Å²) in [5.41, 5.74) is 7.76. The lowest BCUT2D eigenvalue weighted by Crippen LogP contribution is -2.04. The normalized spacial score (nSPS) is 10.1. The van der Waals surface area contributed by atoms with E-state index >= 15 is 0 Å². The Bertz CT molecular complexity index is 515. The molecule has 4 nitrogen and oxygen atoms in total. The molecule has 0 bridgehead atoms. The van der Waals surface area contributed by atoms with Crippen molar-refractivity contribution in [2.45, 2.75) is 6.42 Å². The van der Waals surface area contributed by atoms with Crippen molar-refractivity contribution < 1.29 is 9.47 Å². The van der Waals surface area contributed by atoms with Crippen LogP contribution in [0.4, 0.5) is 5.69 Å². The lowest BCUT2D eigenvalue weighted by Gasteiger charge is -2.08. The van der Waals surface area contributed by atoms with E-state index in [9.17, 15) is 0 Å². The fourth-order valence-electron chi connectivity index (χ4n) is 1.63. The third-order valence-electron chi connectivity index (χ3n) is 2.61. The molecule has 0 saturated carbocycles. The van der Waals surface area contributed by atoms with Crippen LogP contribution in [0.5, 0.6) is 11.6 Å². The highest BCUT2D eigenvalue weighted by Crippen LogP contribution is 2.17. The van der Waals surface area contributed by atoms with Crippen LogP contribution in [0.2, 0.25) is 0 Å². The van der Waals surface area contributed by atoms with Crippen molar-refractivity contribution in [3.8, 4) is 11.6 Å². The first kappa shape index (κ1) is 12.2. The van der Waals surface area contributed by atoms with Gasteiger partial charge in [-0.05, 0) is 17.7 Å². The quantitative estimate of drug-likeness (QED) is 0.820. The van der Waals surface area contributed by atoms with Crippen molar-refractivity contribution in [2.24, 2.45) is 0 Å². The van der Waals surface area contributed by atoms with Crippen molar-refractivity contribution in [3.05, 3.63) is 48.2 Å². The molecule has 1 heterocycles. The highest BCUT2D eigenvalue weighted by molar-refractivity contribution is 5.46. The van der Waals surface area contributed by atoms with Gasteiger partial charge in [0.05, 0.1) is 13.7 Å². The summed E-state index contributed by atoms with van der Waals surface area (Å²) in [6.07, 6.45) is 2.43. The summed E-state index contributed by atoms with van der Waals surface area (Å²) in [6.45, 7) is 0.571. The maximum absolute atomic E-state index is 5.86. The largest absolute Gasteiger partial charge is 0.493 e. The highest BCUT2D eigenvalue weighted by atomic mass is 16.5. The second kappa shape index (κ2) is 5.91. The van der Waals surface area contributed by atoms with Crippen molar-refractivity contribution >= 4 is 5.69 Å². The number of hydrogen-bond donors (Lipinski definition) is 1. The Morgan fingerprint density at radius 2 is 2.06 bits per heavy atom. The number of anilines is 1. The van der Waals surface area contributed by atoms with E-state index in [1.165, 1.54) is 0 Å². The molecule has 0 radical (unpaired) electrons. The van der Waals surface area contributed by atoms with Crippen LogP contribution >= 0.6 is 0 Å². The zero-order chi connectivity index (χ0) is 12.8. The number of nitrogens with two attached hydrogens (primary N) is 1. The van der Waals surface area contributed by atoms with Crippen LogP contribution < -0.4 is 15.2 Å². The molecule has 1 aromatic carbocycles. The molecule has 0 aliphatic carbocycles. The second-order valence-corrected chi connectivity index (χ2v) is 3.83. The molecule has 18 heavy (non-hydrogen) atoms. The number of pyridine rings is 1. The average Bonchev–Trinajstić information content (AvgIpc) is 2.41. The number of para-hydroxylation sites is 1.